The fraction of sp³-hybridized carbons (Fsp3) is 0.478. The zero-order valence-electron chi connectivity index (χ0n) is 16.5. The molecular weight excluding hydrogens is 352 g/mol. The molecule has 2 aromatic rings. The number of ether oxygens (including phenoxy) is 1. The molecule has 5 heteroatoms. The number of carbonyl (C=O) groups is 1. The van der Waals surface area contributed by atoms with Gasteiger partial charge in [-0.1, -0.05) is 32.0 Å². The van der Waals surface area contributed by atoms with E-state index in [1.807, 2.05) is 18.2 Å². The third-order valence-corrected chi connectivity index (χ3v) is 6.23. The van der Waals surface area contributed by atoms with Crippen molar-refractivity contribution in [3.8, 4) is 5.75 Å². The molecule has 1 saturated carbocycles. The van der Waals surface area contributed by atoms with E-state index < -0.39 is 5.97 Å². The second-order valence-corrected chi connectivity index (χ2v) is 8.49. The average molecular weight is 379 g/mol. The third kappa shape index (κ3) is 3.84. The Morgan fingerprint density at radius 2 is 2.18 bits per heavy atom. The number of aliphatic carboxylic acids is 1. The molecule has 0 spiro atoms. The lowest BCUT2D eigenvalue weighted by Gasteiger charge is -2.17. The summed E-state index contributed by atoms with van der Waals surface area (Å²) in [6, 6.07) is 12.3. The summed E-state index contributed by atoms with van der Waals surface area (Å²) in [4.78, 5) is 15.7. The van der Waals surface area contributed by atoms with Gasteiger partial charge in [-0.15, -0.1) is 0 Å². The minimum Gasteiger partial charge on any atom is -0.550 e. The molecule has 1 aliphatic heterocycles. The van der Waals surface area contributed by atoms with Crippen LogP contribution in [0, 0.1) is 11.3 Å². The van der Waals surface area contributed by atoms with Gasteiger partial charge in [0.1, 0.15) is 11.6 Å². The first-order chi connectivity index (χ1) is 13.4. The maximum absolute atomic E-state index is 11.0. The van der Waals surface area contributed by atoms with Crippen LogP contribution in [0.4, 0.5) is 5.82 Å². The molecule has 2 atom stereocenters. The lowest BCUT2D eigenvalue weighted by Crippen LogP contribution is -2.23. The SMILES string of the molecule is CC1(C)C(CC(=O)[O-])C1c1cccc(OCCc2ccc3c(n2)NCCC3)c1. The number of carboxylic acids is 1. The number of nitrogens with one attached hydrogen (secondary N) is 1. The molecular formula is C23H27N2O3-. The first-order valence-corrected chi connectivity index (χ1v) is 10.1. The molecule has 5 nitrogen and oxygen atoms in total. The molecule has 0 radical (unpaired) electrons. The van der Waals surface area contributed by atoms with Crippen molar-refractivity contribution in [3.05, 3.63) is 53.2 Å². The first kappa shape index (κ1) is 18.8. The van der Waals surface area contributed by atoms with Crippen LogP contribution in [0.3, 0.4) is 0 Å². The molecule has 0 bridgehead atoms. The Bertz CT molecular complexity index is 878. The summed E-state index contributed by atoms with van der Waals surface area (Å²) in [7, 11) is 0. The van der Waals surface area contributed by atoms with Gasteiger partial charge in [-0.05, 0) is 65.8 Å². The minimum absolute atomic E-state index is 0.0151. The van der Waals surface area contributed by atoms with Gasteiger partial charge in [0, 0.05) is 24.6 Å². The van der Waals surface area contributed by atoms with Gasteiger partial charge in [0.2, 0.25) is 0 Å². The second kappa shape index (κ2) is 7.46. The van der Waals surface area contributed by atoms with Crippen LogP contribution < -0.4 is 15.2 Å². The number of carbonyl (C=O) groups excluding carboxylic acids is 1. The van der Waals surface area contributed by atoms with Crippen LogP contribution in [-0.4, -0.2) is 24.1 Å². The summed E-state index contributed by atoms with van der Waals surface area (Å²) in [5.74, 6) is 1.23. The molecule has 1 fully saturated rings. The molecule has 148 valence electrons. The number of anilines is 1. The summed E-state index contributed by atoms with van der Waals surface area (Å²) in [6.45, 7) is 5.79. The van der Waals surface area contributed by atoms with Crippen molar-refractivity contribution >= 4 is 11.8 Å². The van der Waals surface area contributed by atoms with Crippen molar-refractivity contribution in [2.45, 2.75) is 45.4 Å². The van der Waals surface area contributed by atoms with Crippen LogP contribution in [0.25, 0.3) is 0 Å². The van der Waals surface area contributed by atoms with Gasteiger partial charge in [-0.2, -0.15) is 0 Å². The second-order valence-electron chi connectivity index (χ2n) is 8.49. The lowest BCUT2D eigenvalue weighted by atomic mass is 10.0. The van der Waals surface area contributed by atoms with Gasteiger partial charge >= 0.3 is 0 Å². The molecule has 0 amide bonds. The van der Waals surface area contributed by atoms with Crippen LogP contribution >= 0.6 is 0 Å². The van der Waals surface area contributed by atoms with E-state index >= 15 is 0 Å². The summed E-state index contributed by atoms with van der Waals surface area (Å²) in [6.07, 6.45) is 3.12. The molecule has 1 aromatic heterocycles. The van der Waals surface area contributed by atoms with Crippen molar-refractivity contribution in [2.24, 2.45) is 11.3 Å². The van der Waals surface area contributed by atoms with E-state index in [1.54, 1.807) is 0 Å². The number of aromatic nitrogens is 1. The third-order valence-electron chi connectivity index (χ3n) is 6.23. The summed E-state index contributed by atoms with van der Waals surface area (Å²) in [5, 5.41) is 14.4. The van der Waals surface area contributed by atoms with Crippen LogP contribution in [0.15, 0.2) is 36.4 Å². The van der Waals surface area contributed by atoms with E-state index in [9.17, 15) is 9.90 Å². The van der Waals surface area contributed by atoms with E-state index in [0.29, 0.717) is 6.61 Å². The zero-order chi connectivity index (χ0) is 19.7. The van der Waals surface area contributed by atoms with Crippen LogP contribution in [0.1, 0.15) is 49.4 Å². The highest BCUT2D eigenvalue weighted by atomic mass is 16.5. The van der Waals surface area contributed by atoms with Gasteiger partial charge < -0.3 is 20.0 Å². The Balaban J connectivity index is 1.36. The van der Waals surface area contributed by atoms with Crippen molar-refractivity contribution in [1.82, 2.24) is 4.98 Å². The minimum atomic E-state index is -0.972. The van der Waals surface area contributed by atoms with E-state index in [1.165, 1.54) is 5.56 Å². The number of pyridine rings is 1. The molecule has 2 heterocycles. The maximum Gasteiger partial charge on any atom is 0.129 e. The van der Waals surface area contributed by atoms with E-state index in [0.717, 1.165) is 48.6 Å². The largest absolute Gasteiger partial charge is 0.550 e. The highest BCUT2D eigenvalue weighted by Crippen LogP contribution is 2.65. The molecule has 2 unspecified atom stereocenters. The Hall–Kier alpha value is -2.56. The van der Waals surface area contributed by atoms with Crippen molar-refractivity contribution in [1.29, 1.82) is 0 Å². The highest BCUT2D eigenvalue weighted by Gasteiger charge is 2.57. The molecule has 28 heavy (non-hydrogen) atoms. The van der Waals surface area contributed by atoms with Gasteiger partial charge in [-0.3, -0.25) is 0 Å². The normalized spacial score (nSPS) is 22.1. The molecule has 2 aliphatic rings. The summed E-state index contributed by atoms with van der Waals surface area (Å²) in [5.41, 5.74) is 3.45. The number of nitrogens with zero attached hydrogens (tertiary/aromatic N) is 1. The Labute approximate surface area is 166 Å². The first-order valence-electron chi connectivity index (χ1n) is 10.1. The zero-order valence-corrected chi connectivity index (χ0v) is 16.5. The number of hydrogen-bond acceptors (Lipinski definition) is 5. The fourth-order valence-electron chi connectivity index (χ4n) is 4.55. The number of rotatable bonds is 7. The van der Waals surface area contributed by atoms with Gasteiger partial charge in [0.05, 0.1) is 6.61 Å². The standard InChI is InChI=1S/C23H28N2O3/c1-23(2)19(14-20(26)27)21(23)16-5-3-7-18(13-16)28-12-10-17-9-8-15-6-4-11-24-22(15)25-17/h3,5,7-9,13,19,21H,4,6,10-12,14H2,1-2H3,(H,24,25)(H,26,27)/p-1. The smallest absolute Gasteiger partial charge is 0.129 e. The van der Waals surface area contributed by atoms with Crippen molar-refractivity contribution < 1.29 is 14.6 Å². The van der Waals surface area contributed by atoms with E-state index in [4.69, 9.17) is 9.72 Å². The molecule has 4 rings (SSSR count). The quantitative estimate of drug-likeness (QED) is 0.801. The van der Waals surface area contributed by atoms with Crippen LogP contribution in [-0.2, 0) is 17.6 Å². The lowest BCUT2D eigenvalue weighted by molar-refractivity contribution is -0.306. The van der Waals surface area contributed by atoms with E-state index in [-0.39, 0.29) is 23.7 Å². The molecule has 1 aliphatic carbocycles. The molecule has 1 N–H and O–H groups in total. The Morgan fingerprint density at radius 1 is 1.32 bits per heavy atom. The number of hydrogen-bond donors (Lipinski definition) is 1. The van der Waals surface area contributed by atoms with Crippen molar-refractivity contribution in [3.63, 3.8) is 0 Å². The summed E-state index contributed by atoms with van der Waals surface area (Å²) >= 11 is 0. The highest BCUT2D eigenvalue weighted by molar-refractivity contribution is 5.66. The summed E-state index contributed by atoms with van der Waals surface area (Å²) < 4.78 is 5.97. The Kier molecular flexibility index (Phi) is 5.00. The number of fused-ring (bicyclic) bond motifs is 1. The average Bonchev–Trinajstić information content (AvgIpc) is 3.21. The Morgan fingerprint density at radius 3 is 3.00 bits per heavy atom. The van der Waals surface area contributed by atoms with Gasteiger partial charge in [0.25, 0.3) is 0 Å². The number of aryl methyl sites for hydroxylation is 1. The predicted molar refractivity (Wildman–Crippen MR) is 106 cm³/mol. The van der Waals surface area contributed by atoms with Crippen LogP contribution in [0.2, 0.25) is 0 Å². The molecule has 0 saturated heterocycles. The topological polar surface area (TPSA) is 74.3 Å². The predicted octanol–water partition coefficient (Wildman–Crippen LogP) is 2.94. The van der Waals surface area contributed by atoms with Gasteiger partial charge in [-0.25, -0.2) is 4.98 Å². The number of benzene rings is 1. The van der Waals surface area contributed by atoms with Crippen molar-refractivity contribution in [2.75, 3.05) is 18.5 Å². The maximum atomic E-state index is 11.0. The fourth-order valence-corrected chi connectivity index (χ4v) is 4.55. The number of carboxylic acid groups (broad SMARTS) is 1. The van der Waals surface area contributed by atoms with Crippen LogP contribution in [0.5, 0.6) is 5.75 Å². The van der Waals surface area contributed by atoms with Gasteiger partial charge in [0.15, 0.2) is 0 Å². The molecule has 1 aromatic carbocycles. The monoisotopic (exact) mass is 379 g/mol. The van der Waals surface area contributed by atoms with E-state index in [2.05, 4.69) is 37.4 Å².